The standard InChI is InChI=1S/C22H23ClN6O2/c1-14-3-2-4-15(11-14)26-21-17(20(24)30)13-25-22(28-21)27-16-5-6-19(18(23)12-16)29-7-9-31-10-8-29/h2-6,11-13H,7-10H2,1H3,(H2,24,30)(H2,25,26,27,28). The Kier molecular flexibility index (Phi) is 6.20. The number of hydrogen-bond acceptors (Lipinski definition) is 7. The molecule has 1 aliphatic heterocycles. The van der Waals surface area contributed by atoms with E-state index in [0.717, 1.165) is 35.7 Å². The number of nitrogens with two attached hydrogens (primary N) is 1. The van der Waals surface area contributed by atoms with Crippen LogP contribution in [0, 0.1) is 6.92 Å². The van der Waals surface area contributed by atoms with Crippen LogP contribution in [0.1, 0.15) is 15.9 Å². The third kappa shape index (κ3) is 5.04. The van der Waals surface area contributed by atoms with Crippen LogP contribution in [0.2, 0.25) is 5.02 Å². The summed E-state index contributed by atoms with van der Waals surface area (Å²) < 4.78 is 5.40. The van der Waals surface area contributed by atoms with Crippen LogP contribution in [-0.4, -0.2) is 42.2 Å². The molecule has 0 radical (unpaired) electrons. The second-order valence-electron chi connectivity index (χ2n) is 7.21. The van der Waals surface area contributed by atoms with Gasteiger partial charge in [0, 0.05) is 30.7 Å². The van der Waals surface area contributed by atoms with Gasteiger partial charge in [0.1, 0.15) is 11.4 Å². The topological polar surface area (TPSA) is 105 Å². The van der Waals surface area contributed by atoms with Crippen molar-refractivity contribution in [2.24, 2.45) is 5.73 Å². The lowest BCUT2D eigenvalue weighted by Crippen LogP contribution is -2.36. The Morgan fingerprint density at radius 3 is 2.61 bits per heavy atom. The zero-order valence-corrected chi connectivity index (χ0v) is 17.8. The van der Waals surface area contributed by atoms with Gasteiger partial charge in [-0.15, -0.1) is 0 Å². The first-order valence-corrected chi connectivity index (χ1v) is 10.3. The van der Waals surface area contributed by atoms with E-state index in [1.807, 2.05) is 49.4 Å². The van der Waals surface area contributed by atoms with Crippen LogP contribution < -0.4 is 21.3 Å². The van der Waals surface area contributed by atoms with Gasteiger partial charge in [-0.3, -0.25) is 4.79 Å². The summed E-state index contributed by atoms with van der Waals surface area (Å²) in [7, 11) is 0. The van der Waals surface area contributed by atoms with Crippen LogP contribution in [0.15, 0.2) is 48.7 Å². The third-order valence-electron chi connectivity index (χ3n) is 4.89. The molecule has 1 fully saturated rings. The van der Waals surface area contributed by atoms with Crippen molar-refractivity contribution in [3.05, 3.63) is 64.8 Å². The van der Waals surface area contributed by atoms with Crippen LogP contribution in [0.5, 0.6) is 0 Å². The van der Waals surface area contributed by atoms with Crippen molar-refractivity contribution in [2.75, 3.05) is 41.8 Å². The van der Waals surface area contributed by atoms with Gasteiger partial charge in [0.15, 0.2) is 0 Å². The van der Waals surface area contributed by atoms with Crippen molar-refractivity contribution < 1.29 is 9.53 Å². The highest BCUT2D eigenvalue weighted by Gasteiger charge is 2.16. The third-order valence-corrected chi connectivity index (χ3v) is 5.19. The highest BCUT2D eigenvalue weighted by molar-refractivity contribution is 6.33. The first-order valence-electron chi connectivity index (χ1n) is 9.89. The van der Waals surface area contributed by atoms with E-state index in [0.29, 0.717) is 30.0 Å². The maximum Gasteiger partial charge on any atom is 0.254 e. The van der Waals surface area contributed by atoms with Crippen molar-refractivity contribution in [1.82, 2.24) is 9.97 Å². The molecule has 4 rings (SSSR count). The molecular formula is C22H23ClN6O2. The van der Waals surface area contributed by atoms with Crippen molar-refractivity contribution in [3.63, 3.8) is 0 Å². The van der Waals surface area contributed by atoms with E-state index in [9.17, 15) is 4.79 Å². The number of aromatic nitrogens is 2. The number of rotatable bonds is 6. The minimum atomic E-state index is -0.611. The van der Waals surface area contributed by atoms with Crippen LogP contribution in [-0.2, 0) is 4.74 Å². The Labute approximate surface area is 185 Å². The molecule has 8 nitrogen and oxygen atoms in total. The highest BCUT2D eigenvalue weighted by atomic mass is 35.5. The fourth-order valence-corrected chi connectivity index (χ4v) is 3.65. The van der Waals surface area contributed by atoms with Gasteiger partial charge in [-0.1, -0.05) is 23.7 Å². The number of anilines is 5. The summed E-state index contributed by atoms with van der Waals surface area (Å²) in [5.41, 5.74) is 9.26. The summed E-state index contributed by atoms with van der Waals surface area (Å²) in [6.07, 6.45) is 1.40. The zero-order chi connectivity index (χ0) is 21.8. The summed E-state index contributed by atoms with van der Waals surface area (Å²) in [5.74, 6) is 0.0292. The molecule has 9 heteroatoms. The van der Waals surface area contributed by atoms with Crippen molar-refractivity contribution in [3.8, 4) is 0 Å². The van der Waals surface area contributed by atoms with Crippen molar-refractivity contribution >= 4 is 46.3 Å². The zero-order valence-electron chi connectivity index (χ0n) is 17.1. The van der Waals surface area contributed by atoms with E-state index in [4.69, 9.17) is 22.1 Å². The fourth-order valence-electron chi connectivity index (χ4n) is 3.35. The predicted octanol–water partition coefficient (Wildman–Crippen LogP) is 3.86. The van der Waals surface area contributed by atoms with Crippen molar-refractivity contribution in [1.29, 1.82) is 0 Å². The largest absolute Gasteiger partial charge is 0.378 e. The Bertz CT molecular complexity index is 1100. The molecule has 3 aromatic rings. The number of primary amides is 1. The molecule has 1 aromatic heterocycles. The quantitative estimate of drug-likeness (QED) is 0.536. The molecule has 160 valence electrons. The Balaban J connectivity index is 1.57. The smallest absolute Gasteiger partial charge is 0.254 e. The molecule has 0 atom stereocenters. The lowest BCUT2D eigenvalue weighted by Gasteiger charge is -2.29. The number of carbonyl (C=O) groups is 1. The summed E-state index contributed by atoms with van der Waals surface area (Å²) in [6.45, 7) is 4.97. The number of nitrogens with one attached hydrogen (secondary N) is 2. The number of ether oxygens (including phenoxy) is 1. The van der Waals surface area contributed by atoms with Crippen LogP contribution in [0.25, 0.3) is 0 Å². The summed E-state index contributed by atoms with van der Waals surface area (Å²) in [6, 6.07) is 13.4. The number of amides is 1. The monoisotopic (exact) mass is 438 g/mol. The van der Waals surface area contributed by atoms with Crippen LogP contribution in [0.3, 0.4) is 0 Å². The second-order valence-corrected chi connectivity index (χ2v) is 7.61. The molecule has 0 aliphatic carbocycles. The minimum Gasteiger partial charge on any atom is -0.378 e. The Morgan fingerprint density at radius 1 is 1.13 bits per heavy atom. The lowest BCUT2D eigenvalue weighted by molar-refractivity contribution is 0.100. The molecular weight excluding hydrogens is 416 g/mol. The van der Waals surface area contributed by atoms with Gasteiger partial charge in [0.2, 0.25) is 5.95 Å². The van der Waals surface area contributed by atoms with Crippen molar-refractivity contribution in [2.45, 2.75) is 6.92 Å². The van der Waals surface area contributed by atoms with Crippen LogP contribution >= 0.6 is 11.6 Å². The van der Waals surface area contributed by atoms with Gasteiger partial charge in [-0.2, -0.15) is 4.98 Å². The molecule has 4 N–H and O–H groups in total. The number of benzene rings is 2. The molecule has 2 heterocycles. The maximum absolute atomic E-state index is 11.8. The van der Waals surface area contributed by atoms with Gasteiger partial charge in [-0.25, -0.2) is 4.98 Å². The highest BCUT2D eigenvalue weighted by Crippen LogP contribution is 2.30. The molecule has 0 bridgehead atoms. The average Bonchev–Trinajstić information content (AvgIpc) is 2.74. The first kappa shape index (κ1) is 20.9. The molecule has 0 spiro atoms. The average molecular weight is 439 g/mol. The number of hydrogen-bond donors (Lipinski definition) is 3. The van der Waals surface area contributed by atoms with E-state index in [2.05, 4.69) is 25.5 Å². The number of morpholine rings is 1. The van der Waals surface area contributed by atoms with Gasteiger partial charge >= 0.3 is 0 Å². The van der Waals surface area contributed by atoms with Gasteiger partial charge < -0.3 is 26.0 Å². The molecule has 1 aliphatic rings. The first-order chi connectivity index (χ1) is 15.0. The number of carbonyl (C=O) groups excluding carboxylic acids is 1. The minimum absolute atomic E-state index is 0.202. The summed E-state index contributed by atoms with van der Waals surface area (Å²) >= 11 is 6.51. The lowest BCUT2D eigenvalue weighted by atomic mass is 10.2. The second kappa shape index (κ2) is 9.20. The number of nitrogens with zero attached hydrogens (tertiary/aromatic N) is 3. The van der Waals surface area contributed by atoms with E-state index in [1.54, 1.807) is 0 Å². The summed E-state index contributed by atoms with van der Waals surface area (Å²) in [4.78, 5) is 22.7. The molecule has 2 aromatic carbocycles. The maximum atomic E-state index is 11.8. The van der Waals surface area contributed by atoms with E-state index >= 15 is 0 Å². The summed E-state index contributed by atoms with van der Waals surface area (Å²) in [5, 5.41) is 6.91. The number of aryl methyl sites for hydroxylation is 1. The molecule has 1 amide bonds. The predicted molar refractivity (Wildman–Crippen MR) is 123 cm³/mol. The van der Waals surface area contributed by atoms with Gasteiger partial charge in [0.25, 0.3) is 5.91 Å². The van der Waals surface area contributed by atoms with Gasteiger partial charge in [0.05, 0.1) is 23.9 Å². The fraction of sp³-hybridized carbons (Fsp3) is 0.227. The van der Waals surface area contributed by atoms with Gasteiger partial charge in [-0.05, 0) is 42.8 Å². The molecule has 0 unspecified atom stereocenters. The van der Waals surface area contributed by atoms with E-state index in [1.165, 1.54) is 6.20 Å². The Morgan fingerprint density at radius 2 is 1.90 bits per heavy atom. The van der Waals surface area contributed by atoms with Crippen LogP contribution in [0.4, 0.5) is 28.8 Å². The van der Waals surface area contributed by atoms with E-state index in [-0.39, 0.29) is 5.56 Å². The normalized spacial score (nSPS) is 13.7. The van der Waals surface area contributed by atoms with E-state index < -0.39 is 5.91 Å². The molecule has 31 heavy (non-hydrogen) atoms. The Hall–Kier alpha value is -3.36. The molecule has 1 saturated heterocycles. The SMILES string of the molecule is Cc1cccc(Nc2nc(Nc3ccc(N4CCOCC4)c(Cl)c3)ncc2C(N)=O)c1. The molecule has 0 saturated carbocycles. The number of halogens is 1.